The van der Waals surface area contributed by atoms with E-state index in [0.29, 0.717) is 12.5 Å². The molecule has 1 heterocycles. The molecule has 2 aliphatic rings. The van der Waals surface area contributed by atoms with Crippen molar-refractivity contribution >= 4 is 18.0 Å². The van der Waals surface area contributed by atoms with Crippen LogP contribution in [0.3, 0.4) is 0 Å². The zero-order chi connectivity index (χ0) is 22.7. The molecule has 6 nitrogen and oxygen atoms in total. The smallest absolute Gasteiger partial charge is 0.340 e. The highest BCUT2D eigenvalue weighted by molar-refractivity contribution is 6.10. The Morgan fingerprint density at radius 3 is 2.19 bits per heavy atom. The van der Waals surface area contributed by atoms with Gasteiger partial charge in [-0.1, -0.05) is 36.4 Å². The molecular weight excluding hydrogens is 406 g/mol. The maximum Gasteiger partial charge on any atom is 0.340 e. The molecule has 0 aromatic heterocycles. The van der Waals surface area contributed by atoms with Crippen LogP contribution < -0.4 is 4.74 Å². The maximum absolute atomic E-state index is 12.8. The zero-order valence-corrected chi connectivity index (χ0v) is 18.5. The Bertz CT molecular complexity index is 1070. The summed E-state index contributed by atoms with van der Waals surface area (Å²) < 4.78 is 15.3. The van der Waals surface area contributed by atoms with E-state index in [1.807, 2.05) is 42.5 Å². The van der Waals surface area contributed by atoms with E-state index in [9.17, 15) is 9.59 Å². The number of fused-ring (bicyclic) bond motifs is 1. The molecule has 0 N–H and O–H groups in total. The Hall–Kier alpha value is -3.54. The van der Waals surface area contributed by atoms with Crippen LogP contribution in [0.4, 0.5) is 0 Å². The Morgan fingerprint density at radius 2 is 1.56 bits per heavy atom. The second-order valence-electron chi connectivity index (χ2n) is 8.02. The van der Waals surface area contributed by atoms with Gasteiger partial charge >= 0.3 is 11.9 Å². The number of carbonyl (C=O) groups excluding carboxylic acids is 2. The fraction of sp³-hybridized carbons (Fsp3) is 0.308. The van der Waals surface area contributed by atoms with E-state index in [2.05, 4.69) is 11.0 Å². The molecule has 4 rings (SSSR count). The van der Waals surface area contributed by atoms with E-state index in [4.69, 9.17) is 14.2 Å². The number of hydrogen-bond donors (Lipinski definition) is 0. The quantitative estimate of drug-likeness (QED) is 0.634. The summed E-state index contributed by atoms with van der Waals surface area (Å²) in [6, 6.07) is 16.0. The Kier molecular flexibility index (Phi) is 6.30. The van der Waals surface area contributed by atoms with Gasteiger partial charge in [0, 0.05) is 12.7 Å². The Labute approximate surface area is 188 Å². The lowest BCUT2D eigenvalue weighted by molar-refractivity contribution is -0.139. The molecule has 166 valence electrons. The van der Waals surface area contributed by atoms with Crippen molar-refractivity contribution in [3.05, 3.63) is 82.6 Å². The van der Waals surface area contributed by atoms with E-state index in [1.165, 1.54) is 14.2 Å². The van der Waals surface area contributed by atoms with Crippen LogP contribution in [0, 0.1) is 5.92 Å². The minimum absolute atomic E-state index is 0.0726. The third-order valence-corrected chi connectivity index (χ3v) is 5.96. The van der Waals surface area contributed by atoms with Gasteiger partial charge in [-0.3, -0.25) is 0 Å². The maximum atomic E-state index is 12.8. The summed E-state index contributed by atoms with van der Waals surface area (Å²) in [5.41, 5.74) is 3.47. The van der Waals surface area contributed by atoms with Crippen molar-refractivity contribution in [2.75, 3.05) is 21.3 Å². The van der Waals surface area contributed by atoms with Crippen molar-refractivity contribution in [1.82, 2.24) is 4.90 Å². The summed E-state index contributed by atoms with van der Waals surface area (Å²) in [5, 5.41) is 0. The molecule has 6 heteroatoms. The van der Waals surface area contributed by atoms with Gasteiger partial charge in [-0.05, 0) is 53.7 Å². The Balaban J connectivity index is 1.87. The van der Waals surface area contributed by atoms with E-state index in [1.54, 1.807) is 19.4 Å². The van der Waals surface area contributed by atoms with Gasteiger partial charge in [-0.15, -0.1) is 0 Å². The van der Waals surface area contributed by atoms with Gasteiger partial charge in [0.15, 0.2) is 0 Å². The van der Waals surface area contributed by atoms with Gasteiger partial charge in [-0.2, -0.15) is 0 Å². The lowest BCUT2D eigenvalue weighted by Gasteiger charge is -2.34. The number of nitrogens with zero attached hydrogens (tertiary/aromatic N) is 1. The average Bonchev–Trinajstić information content (AvgIpc) is 3.65. The van der Waals surface area contributed by atoms with Crippen molar-refractivity contribution in [2.45, 2.75) is 25.4 Å². The van der Waals surface area contributed by atoms with Gasteiger partial charge in [0.2, 0.25) is 0 Å². The van der Waals surface area contributed by atoms with E-state index in [-0.39, 0.29) is 17.2 Å². The number of benzene rings is 2. The Morgan fingerprint density at radius 1 is 0.906 bits per heavy atom. The number of carbonyl (C=O) groups is 2. The largest absolute Gasteiger partial charge is 0.497 e. The first-order chi connectivity index (χ1) is 15.5. The lowest BCUT2D eigenvalue weighted by Crippen LogP contribution is -2.29. The molecule has 1 unspecified atom stereocenters. The molecule has 1 aliphatic carbocycles. The van der Waals surface area contributed by atoms with Crippen molar-refractivity contribution in [1.29, 1.82) is 0 Å². The van der Waals surface area contributed by atoms with Crippen molar-refractivity contribution in [3.63, 3.8) is 0 Å². The van der Waals surface area contributed by atoms with Crippen LogP contribution in [0.5, 0.6) is 5.75 Å². The molecule has 1 saturated carbocycles. The summed E-state index contributed by atoms with van der Waals surface area (Å²) >= 11 is 0. The van der Waals surface area contributed by atoms with Gasteiger partial charge in [-0.25, -0.2) is 9.59 Å². The number of methoxy groups -OCH3 is 3. The SMILES string of the molecule is COC(=O)C1=C/c2ccccc2C(C2CC2)N(Cc2ccc(OC)cc2)/C=C\1C(=O)OC. The number of hydrogen-bond acceptors (Lipinski definition) is 6. The summed E-state index contributed by atoms with van der Waals surface area (Å²) in [7, 11) is 4.27. The first-order valence-electron chi connectivity index (χ1n) is 10.6. The standard InChI is InChI=1S/C26H27NO5/c1-30-20-12-8-17(9-13-20)15-27-16-23(26(29)32-3)22(25(28)31-2)14-19-6-4-5-7-21(19)24(27)18-10-11-18/h4-9,12-14,16,18,24H,10-11,15H2,1-3H3/b22-14+,23-16+. The highest BCUT2D eigenvalue weighted by atomic mass is 16.5. The van der Waals surface area contributed by atoms with E-state index < -0.39 is 11.9 Å². The first-order valence-corrected chi connectivity index (χ1v) is 10.6. The van der Waals surface area contributed by atoms with E-state index >= 15 is 0 Å². The molecular formula is C26H27NO5. The van der Waals surface area contributed by atoms with Gasteiger partial charge in [0.25, 0.3) is 0 Å². The van der Waals surface area contributed by atoms with Gasteiger partial charge in [0.1, 0.15) is 5.75 Å². The molecule has 0 amide bonds. The number of ether oxygens (including phenoxy) is 3. The van der Waals surface area contributed by atoms with Crippen LogP contribution in [0.2, 0.25) is 0 Å². The van der Waals surface area contributed by atoms with E-state index in [0.717, 1.165) is 35.3 Å². The van der Waals surface area contributed by atoms with Crippen LogP contribution in [0.15, 0.2) is 65.9 Å². The van der Waals surface area contributed by atoms with Crippen LogP contribution in [-0.4, -0.2) is 38.2 Å². The molecule has 2 aromatic rings. The van der Waals surface area contributed by atoms with Crippen LogP contribution in [0.1, 0.15) is 35.6 Å². The lowest BCUT2D eigenvalue weighted by atomic mass is 9.90. The molecule has 1 atom stereocenters. The van der Waals surface area contributed by atoms with Crippen molar-refractivity contribution in [3.8, 4) is 5.75 Å². The monoisotopic (exact) mass is 433 g/mol. The van der Waals surface area contributed by atoms with Gasteiger partial charge in [0.05, 0.1) is 38.5 Å². The summed E-state index contributed by atoms with van der Waals surface area (Å²) in [4.78, 5) is 27.6. The molecule has 0 saturated heterocycles. The van der Waals surface area contributed by atoms with Gasteiger partial charge < -0.3 is 19.1 Å². The minimum atomic E-state index is -0.578. The van der Waals surface area contributed by atoms with Crippen LogP contribution >= 0.6 is 0 Å². The normalized spacial score (nSPS) is 21.1. The molecule has 2 aromatic carbocycles. The second-order valence-corrected chi connectivity index (χ2v) is 8.02. The highest BCUT2D eigenvalue weighted by Gasteiger charge is 2.38. The second kappa shape index (κ2) is 9.30. The first kappa shape index (κ1) is 21.7. The topological polar surface area (TPSA) is 65.1 Å². The molecule has 1 fully saturated rings. The minimum Gasteiger partial charge on any atom is -0.497 e. The molecule has 1 aliphatic heterocycles. The predicted molar refractivity (Wildman–Crippen MR) is 121 cm³/mol. The summed E-state index contributed by atoms with van der Waals surface area (Å²) in [6.07, 6.45) is 5.74. The third-order valence-electron chi connectivity index (χ3n) is 5.96. The summed E-state index contributed by atoms with van der Waals surface area (Å²) in [6.45, 7) is 0.564. The predicted octanol–water partition coefficient (Wildman–Crippen LogP) is 4.28. The van der Waals surface area contributed by atoms with Crippen molar-refractivity contribution < 1.29 is 23.8 Å². The van der Waals surface area contributed by atoms with Crippen molar-refractivity contribution in [2.24, 2.45) is 5.92 Å². The molecule has 0 spiro atoms. The summed E-state index contributed by atoms with van der Waals surface area (Å²) in [5.74, 6) is 0.103. The number of esters is 2. The molecule has 0 bridgehead atoms. The fourth-order valence-electron chi connectivity index (χ4n) is 4.21. The third kappa shape index (κ3) is 4.40. The van der Waals surface area contributed by atoms with Crippen LogP contribution in [-0.2, 0) is 25.6 Å². The fourth-order valence-corrected chi connectivity index (χ4v) is 4.21. The average molecular weight is 434 g/mol. The van der Waals surface area contributed by atoms with Crippen LogP contribution in [0.25, 0.3) is 6.08 Å². The highest BCUT2D eigenvalue weighted by Crippen LogP contribution is 2.47. The molecule has 0 radical (unpaired) electrons. The molecule has 32 heavy (non-hydrogen) atoms. The number of rotatable bonds is 6. The zero-order valence-electron chi connectivity index (χ0n) is 18.5.